The Morgan fingerprint density at radius 2 is 2.24 bits per heavy atom. The normalized spacial score (nSPS) is 19.8. The van der Waals surface area contributed by atoms with Gasteiger partial charge in [-0.05, 0) is 31.0 Å². The zero-order valence-corrected chi connectivity index (χ0v) is 15.0. The van der Waals surface area contributed by atoms with Crippen molar-refractivity contribution in [2.45, 2.75) is 32.5 Å². The maximum Gasteiger partial charge on any atom is 0.226 e. The Labute approximate surface area is 148 Å². The topological polar surface area (TPSA) is 72.3 Å². The average Bonchev–Trinajstić information content (AvgIpc) is 3.28. The molecule has 3 heterocycles. The molecule has 0 unspecified atom stereocenters. The van der Waals surface area contributed by atoms with Crippen molar-refractivity contribution in [3.05, 3.63) is 42.1 Å². The van der Waals surface area contributed by atoms with Gasteiger partial charge in [-0.1, -0.05) is 0 Å². The number of ether oxygens (including phenoxy) is 1. The fraction of sp³-hybridized carbons (Fsp3) is 0.500. The number of amides is 1. The van der Waals surface area contributed by atoms with E-state index in [2.05, 4.69) is 22.2 Å². The molecular formula is C18H25N5O2. The van der Waals surface area contributed by atoms with Gasteiger partial charge in [-0.3, -0.25) is 4.79 Å². The van der Waals surface area contributed by atoms with Crippen LogP contribution in [0.25, 0.3) is 0 Å². The lowest BCUT2D eigenvalue weighted by molar-refractivity contribution is -0.127. The van der Waals surface area contributed by atoms with Crippen molar-refractivity contribution in [3.63, 3.8) is 0 Å². The minimum Gasteiger partial charge on any atom is -0.369 e. The summed E-state index contributed by atoms with van der Waals surface area (Å²) in [6.07, 6.45) is 5.88. The number of carbonyl (C=O) groups excluding carboxylic acids is 1. The molecule has 25 heavy (non-hydrogen) atoms. The smallest absolute Gasteiger partial charge is 0.226 e. The van der Waals surface area contributed by atoms with E-state index in [1.165, 1.54) is 0 Å². The Balaban J connectivity index is 1.65. The number of aryl methyl sites for hydroxylation is 1. The summed E-state index contributed by atoms with van der Waals surface area (Å²) in [4.78, 5) is 23.3. The van der Waals surface area contributed by atoms with Crippen molar-refractivity contribution in [2.24, 2.45) is 5.92 Å². The van der Waals surface area contributed by atoms with E-state index >= 15 is 0 Å². The number of hydrogen-bond acceptors (Lipinski definition) is 5. The maximum atomic E-state index is 12.7. The lowest BCUT2D eigenvalue weighted by Crippen LogP contribution is -2.32. The molecular weight excluding hydrogens is 318 g/mol. The van der Waals surface area contributed by atoms with Crippen LogP contribution in [0.5, 0.6) is 0 Å². The highest BCUT2D eigenvalue weighted by atomic mass is 16.5. The molecule has 0 aliphatic carbocycles. The highest BCUT2D eigenvalue weighted by Crippen LogP contribution is 2.33. The van der Waals surface area contributed by atoms with E-state index in [0.717, 1.165) is 23.8 Å². The van der Waals surface area contributed by atoms with Crippen LogP contribution in [0.2, 0.25) is 0 Å². The molecule has 1 fully saturated rings. The molecule has 7 heteroatoms. The lowest BCUT2D eigenvalue weighted by Gasteiger charge is -2.19. The predicted octanol–water partition coefficient (Wildman–Crippen LogP) is 1.76. The third-order valence-electron chi connectivity index (χ3n) is 4.51. The van der Waals surface area contributed by atoms with Crippen molar-refractivity contribution in [1.82, 2.24) is 19.9 Å². The first-order valence-corrected chi connectivity index (χ1v) is 8.62. The van der Waals surface area contributed by atoms with Gasteiger partial charge in [0.2, 0.25) is 5.91 Å². The number of nitrogens with zero attached hydrogens (tertiary/aromatic N) is 4. The van der Waals surface area contributed by atoms with Crippen molar-refractivity contribution in [2.75, 3.05) is 25.6 Å². The summed E-state index contributed by atoms with van der Waals surface area (Å²) < 4.78 is 7.85. The highest BCUT2D eigenvalue weighted by Gasteiger charge is 2.37. The van der Waals surface area contributed by atoms with Crippen LogP contribution in [-0.4, -0.2) is 41.1 Å². The largest absolute Gasteiger partial charge is 0.369 e. The van der Waals surface area contributed by atoms with Crippen molar-refractivity contribution < 1.29 is 9.53 Å². The Hall–Kier alpha value is -2.41. The third-order valence-corrected chi connectivity index (χ3v) is 4.51. The van der Waals surface area contributed by atoms with Crippen LogP contribution in [0.15, 0.2) is 30.7 Å². The van der Waals surface area contributed by atoms with E-state index in [4.69, 9.17) is 4.74 Å². The van der Waals surface area contributed by atoms with Gasteiger partial charge in [0.25, 0.3) is 0 Å². The van der Waals surface area contributed by atoms with Crippen molar-refractivity contribution >= 4 is 11.7 Å². The van der Waals surface area contributed by atoms with E-state index in [1.807, 2.05) is 41.9 Å². The Kier molecular flexibility index (Phi) is 5.33. The van der Waals surface area contributed by atoms with Crippen LogP contribution in [-0.2, 0) is 22.6 Å². The minimum atomic E-state index is -0.273. The van der Waals surface area contributed by atoms with Gasteiger partial charge in [-0.15, -0.1) is 0 Å². The summed E-state index contributed by atoms with van der Waals surface area (Å²) in [6, 6.07) is 3.90. The minimum absolute atomic E-state index is 0.0105. The zero-order valence-electron chi connectivity index (χ0n) is 15.0. The van der Waals surface area contributed by atoms with Crippen LogP contribution < -0.4 is 10.2 Å². The number of nitrogens with one attached hydrogen (secondary N) is 1. The first-order valence-electron chi connectivity index (χ1n) is 8.62. The maximum absolute atomic E-state index is 12.7. The number of aromatic nitrogens is 3. The van der Waals surface area contributed by atoms with Crippen LogP contribution in [0.3, 0.4) is 0 Å². The molecule has 0 spiro atoms. The zero-order chi connectivity index (χ0) is 17.8. The van der Waals surface area contributed by atoms with E-state index in [0.29, 0.717) is 19.6 Å². The van der Waals surface area contributed by atoms with Gasteiger partial charge in [0.15, 0.2) is 0 Å². The van der Waals surface area contributed by atoms with Gasteiger partial charge in [-0.2, -0.15) is 0 Å². The van der Waals surface area contributed by atoms with Crippen LogP contribution in [0.1, 0.15) is 30.8 Å². The predicted molar refractivity (Wildman–Crippen MR) is 95.1 cm³/mol. The summed E-state index contributed by atoms with van der Waals surface area (Å²) >= 11 is 0. The fourth-order valence-corrected chi connectivity index (χ4v) is 3.09. The van der Waals surface area contributed by atoms with Gasteiger partial charge in [-0.25, -0.2) is 9.97 Å². The van der Waals surface area contributed by atoms with E-state index in [9.17, 15) is 4.79 Å². The molecule has 0 saturated carbocycles. The van der Waals surface area contributed by atoms with Crippen molar-refractivity contribution in [3.8, 4) is 0 Å². The molecule has 7 nitrogen and oxygen atoms in total. The van der Waals surface area contributed by atoms with Gasteiger partial charge in [0, 0.05) is 52.4 Å². The van der Waals surface area contributed by atoms with E-state index < -0.39 is 0 Å². The third kappa shape index (κ3) is 3.82. The highest BCUT2D eigenvalue weighted by molar-refractivity contribution is 5.79. The molecule has 0 bridgehead atoms. The summed E-state index contributed by atoms with van der Waals surface area (Å²) in [5.74, 6) is 1.51. The van der Waals surface area contributed by atoms with Gasteiger partial charge >= 0.3 is 0 Å². The Morgan fingerprint density at radius 1 is 1.40 bits per heavy atom. The summed E-state index contributed by atoms with van der Waals surface area (Å²) in [5.41, 5.74) is 1.03. The molecule has 2 atom stereocenters. The molecule has 0 radical (unpaired) electrons. The van der Waals surface area contributed by atoms with E-state index in [-0.39, 0.29) is 17.9 Å². The number of carbonyl (C=O) groups is 1. The number of anilines is 1. The van der Waals surface area contributed by atoms with E-state index in [1.54, 1.807) is 12.4 Å². The molecule has 2 aromatic rings. The van der Waals surface area contributed by atoms with Crippen LogP contribution in [0, 0.1) is 5.92 Å². The SMILES string of the molecule is CCn1ccnc1[C@@H]1OCC[C@H]1C(=O)NCc1ccnc(N(C)C)c1. The van der Waals surface area contributed by atoms with Gasteiger partial charge < -0.3 is 19.5 Å². The molecule has 3 rings (SSSR count). The summed E-state index contributed by atoms with van der Waals surface area (Å²) in [5, 5.41) is 3.03. The first-order chi connectivity index (χ1) is 12.1. The molecule has 2 aromatic heterocycles. The molecule has 1 saturated heterocycles. The standard InChI is InChI=1S/C18H25N5O2/c1-4-23-9-8-20-17(23)16-14(6-10-25-16)18(24)21-12-13-5-7-19-15(11-13)22(2)3/h5,7-9,11,14,16H,4,6,10,12H2,1-3H3,(H,21,24)/t14-,16-/m1/s1. The first kappa shape index (κ1) is 17.4. The molecule has 1 aliphatic rings. The molecule has 1 amide bonds. The van der Waals surface area contributed by atoms with Gasteiger partial charge in [0.05, 0.1) is 5.92 Å². The van der Waals surface area contributed by atoms with Crippen LogP contribution >= 0.6 is 0 Å². The quantitative estimate of drug-likeness (QED) is 0.865. The average molecular weight is 343 g/mol. The fourth-order valence-electron chi connectivity index (χ4n) is 3.09. The lowest BCUT2D eigenvalue weighted by atomic mass is 9.99. The second-order valence-corrected chi connectivity index (χ2v) is 6.39. The molecule has 1 aliphatic heterocycles. The second-order valence-electron chi connectivity index (χ2n) is 6.39. The number of imidazole rings is 1. The molecule has 0 aromatic carbocycles. The summed E-state index contributed by atoms with van der Waals surface area (Å²) in [7, 11) is 3.89. The number of hydrogen-bond donors (Lipinski definition) is 1. The van der Waals surface area contributed by atoms with Crippen molar-refractivity contribution in [1.29, 1.82) is 0 Å². The second kappa shape index (κ2) is 7.65. The monoisotopic (exact) mass is 343 g/mol. The van der Waals surface area contributed by atoms with Crippen LogP contribution in [0.4, 0.5) is 5.82 Å². The summed E-state index contributed by atoms with van der Waals surface area (Å²) in [6.45, 7) is 3.93. The Morgan fingerprint density at radius 3 is 3.00 bits per heavy atom. The molecule has 1 N–H and O–H groups in total. The number of pyridine rings is 1. The number of rotatable bonds is 6. The molecule has 134 valence electrons. The Bertz CT molecular complexity index is 728. The van der Waals surface area contributed by atoms with Gasteiger partial charge in [0.1, 0.15) is 17.7 Å².